The number of hydrogen-bond acceptors (Lipinski definition) is 1. The monoisotopic (exact) mass is 295 g/mol. The van der Waals surface area contributed by atoms with E-state index in [1.54, 1.807) is 0 Å². The molecule has 0 bridgehead atoms. The zero-order valence-corrected chi connectivity index (χ0v) is 12.3. The SMILES string of the molecule is CC(Cc1ccc(Br)cc1)NC1CCCC1C. The summed E-state index contributed by atoms with van der Waals surface area (Å²) in [5.74, 6) is 0.849. The van der Waals surface area contributed by atoms with Crippen LogP contribution in [0.15, 0.2) is 28.7 Å². The zero-order chi connectivity index (χ0) is 12.3. The van der Waals surface area contributed by atoms with Gasteiger partial charge < -0.3 is 5.32 Å². The van der Waals surface area contributed by atoms with E-state index in [4.69, 9.17) is 0 Å². The zero-order valence-electron chi connectivity index (χ0n) is 10.7. The Bertz CT molecular complexity index is 346. The van der Waals surface area contributed by atoms with Crippen LogP contribution in [0.3, 0.4) is 0 Å². The van der Waals surface area contributed by atoms with Crippen LogP contribution < -0.4 is 5.32 Å². The number of nitrogens with one attached hydrogen (secondary N) is 1. The van der Waals surface area contributed by atoms with Crippen molar-refractivity contribution in [3.63, 3.8) is 0 Å². The Morgan fingerprint density at radius 3 is 2.59 bits per heavy atom. The van der Waals surface area contributed by atoms with Crippen LogP contribution >= 0.6 is 15.9 Å². The summed E-state index contributed by atoms with van der Waals surface area (Å²) in [5.41, 5.74) is 1.42. The summed E-state index contributed by atoms with van der Waals surface area (Å²) in [4.78, 5) is 0. The molecule has 3 unspecified atom stereocenters. The van der Waals surface area contributed by atoms with E-state index in [0.717, 1.165) is 22.9 Å². The fraction of sp³-hybridized carbons (Fsp3) is 0.600. The van der Waals surface area contributed by atoms with Gasteiger partial charge >= 0.3 is 0 Å². The maximum absolute atomic E-state index is 3.78. The van der Waals surface area contributed by atoms with Crippen molar-refractivity contribution in [1.82, 2.24) is 5.32 Å². The standard InChI is InChI=1S/C15H22BrN/c1-11-4-3-5-15(11)17-12(2)10-13-6-8-14(16)9-7-13/h6-9,11-12,15,17H,3-5,10H2,1-2H3. The molecule has 0 amide bonds. The molecule has 0 aromatic heterocycles. The Morgan fingerprint density at radius 1 is 1.29 bits per heavy atom. The van der Waals surface area contributed by atoms with Crippen LogP contribution in [0.25, 0.3) is 0 Å². The van der Waals surface area contributed by atoms with Crippen molar-refractivity contribution >= 4 is 15.9 Å². The van der Waals surface area contributed by atoms with Gasteiger partial charge in [-0.2, -0.15) is 0 Å². The molecule has 1 aliphatic carbocycles. The second-order valence-corrected chi connectivity index (χ2v) is 6.33. The molecule has 0 heterocycles. The smallest absolute Gasteiger partial charge is 0.0175 e. The summed E-state index contributed by atoms with van der Waals surface area (Å²) in [6, 6.07) is 9.98. The molecule has 0 radical (unpaired) electrons. The third-order valence-electron chi connectivity index (χ3n) is 3.82. The summed E-state index contributed by atoms with van der Waals surface area (Å²) in [7, 11) is 0. The van der Waals surface area contributed by atoms with E-state index in [1.165, 1.54) is 24.8 Å². The van der Waals surface area contributed by atoms with Gasteiger partial charge in [0.05, 0.1) is 0 Å². The minimum Gasteiger partial charge on any atom is -0.311 e. The molecule has 94 valence electrons. The first-order valence-electron chi connectivity index (χ1n) is 6.65. The van der Waals surface area contributed by atoms with Crippen molar-refractivity contribution < 1.29 is 0 Å². The van der Waals surface area contributed by atoms with Gasteiger partial charge in [-0.05, 0) is 49.8 Å². The lowest BCUT2D eigenvalue weighted by Crippen LogP contribution is -2.39. The lowest BCUT2D eigenvalue weighted by atomic mass is 10.0. The third-order valence-corrected chi connectivity index (χ3v) is 4.34. The molecule has 1 aromatic carbocycles. The van der Waals surface area contributed by atoms with Crippen molar-refractivity contribution in [1.29, 1.82) is 0 Å². The molecule has 2 heteroatoms. The summed E-state index contributed by atoms with van der Waals surface area (Å²) < 4.78 is 1.16. The largest absolute Gasteiger partial charge is 0.311 e. The third kappa shape index (κ3) is 3.82. The highest BCUT2D eigenvalue weighted by Gasteiger charge is 2.24. The molecule has 1 fully saturated rings. The quantitative estimate of drug-likeness (QED) is 0.879. The highest BCUT2D eigenvalue weighted by molar-refractivity contribution is 9.10. The number of hydrogen-bond donors (Lipinski definition) is 1. The molecule has 1 N–H and O–H groups in total. The van der Waals surface area contributed by atoms with E-state index in [-0.39, 0.29) is 0 Å². The summed E-state index contributed by atoms with van der Waals surface area (Å²) >= 11 is 3.47. The van der Waals surface area contributed by atoms with E-state index >= 15 is 0 Å². The van der Waals surface area contributed by atoms with Gasteiger partial charge in [-0.1, -0.05) is 41.4 Å². The Kier molecular flexibility index (Phi) is 4.63. The highest BCUT2D eigenvalue weighted by Crippen LogP contribution is 2.25. The van der Waals surface area contributed by atoms with Crippen LogP contribution in [0.4, 0.5) is 0 Å². The Labute approximate surface area is 113 Å². The average Bonchev–Trinajstić information content (AvgIpc) is 2.68. The Morgan fingerprint density at radius 2 is 2.00 bits per heavy atom. The fourth-order valence-corrected chi connectivity index (χ4v) is 3.06. The molecule has 0 aliphatic heterocycles. The maximum atomic E-state index is 3.78. The molecular weight excluding hydrogens is 274 g/mol. The second kappa shape index (κ2) is 6.01. The van der Waals surface area contributed by atoms with Crippen molar-refractivity contribution in [2.75, 3.05) is 0 Å². The normalized spacial score (nSPS) is 26.1. The van der Waals surface area contributed by atoms with Crippen LogP contribution in [0, 0.1) is 5.92 Å². The molecule has 17 heavy (non-hydrogen) atoms. The van der Waals surface area contributed by atoms with E-state index in [0.29, 0.717) is 6.04 Å². The first-order chi connectivity index (χ1) is 8.15. The summed E-state index contributed by atoms with van der Waals surface area (Å²) in [5, 5.41) is 3.78. The molecule has 1 nitrogen and oxygen atoms in total. The van der Waals surface area contributed by atoms with Gasteiger partial charge in [0, 0.05) is 16.6 Å². The molecular formula is C15H22BrN. The Hall–Kier alpha value is -0.340. The van der Waals surface area contributed by atoms with Gasteiger partial charge in [0.2, 0.25) is 0 Å². The van der Waals surface area contributed by atoms with E-state index in [9.17, 15) is 0 Å². The minimum absolute atomic E-state index is 0.571. The number of halogens is 1. The van der Waals surface area contributed by atoms with Crippen LogP contribution in [0.5, 0.6) is 0 Å². The van der Waals surface area contributed by atoms with Crippen LogP contribution in [-0.4, -0.2) is 12.1 Å². The molecule has 0 spiro atoms. The molecule has 1 aromatic rings. The molecule has 0 saturated heterocycles. The Balaban J connectivity index is 1.84. The van der Waals surface area contributed by atoms with E-state index in [1.807, 2.05) is 0 Å². The van der Waals surface area contributed by atoms with E-state index in [2.05, 4.69) is 59.4 Å². The fourth-order valence-electron chi connectivity index (χ4n) is 2.79. The maximum Gasteiger partial charge on any atom is 0.0175 e. The van der Waals surface area contributed by atoms with Gasteiger partial charge in [-0.3, -0.25) is 0 Å². The average molecular weight is 296 g/mol. The van der Waals surface area contributed by atoms with Crippen LogP contribution in [0.2, 0.25) is 0 Å². The van der Waals surface area contributed by atoms with Crippen molar-refractivity contribution in [3.05, 3.63) is 34.3 Å². The van der Waals surface area contributed by atoms with E-state index < -0.39 is 0 Å². The lowest BCUT2D eigenvalue weighted by Gasteiger charge is -2.23. The van der Waals surface area contributed by atoms with Gasteiger partial charge in [-0.25, -0.2) is 0 Å². The van der Waals surface area contributed by atoms with Crippen LogP contribution in [0.1, 0.15) is 38.7 Å². The van der Waals surface area contributed by atoms with Crippen molar-refractivity contribution in [3.8, 4) is 0 Å². The van der Waals surface area contributed by atoms with Crippen molar-refractivity contribution in [2.24, 2.45) is 5.92 Å². The molecule has 2 rings (SSSR count). The number of benzene rings is 1. The van der Waals surface area contributed by atoms with Gasteiger partial charge in [0.25, 0.3) is 0 Å². The molecule has 3 atom stereocenters. The first kappa shape index (κ1) is 13.1. The summed E-state index contributed by atoms with van der Waals surface area (Å²) in [6.45, 7) is 4.67. The lowest BCUT2D eigenvalue weighted by molar-refractivity contribution is 0.382. The minimum atomic E-state index is 0.571. The first-order valence-corrected chi connectivity index (χ1v) is 7.45. The molecule has 1 aliphatic rings. The second-order valence-electron chi connectivity index (χ2n) is 5.41. The topological polar surface area (TPSA) is 12.0 Å². The molecule has 1 saturated carbocycles. The van der Waals surface area contributed by atoms with Gasteiger partial charge in [0.15, 0.2) is 0 Å². The van der Waals surface area contributed by atoms with Crippen molar-refractivity contribution in [2.45, 2.75) is 51.6 Å². The van der Waals surface area contributed by atoms with Gasteiger partial charge in [0.1, 0.15) is 0 Å². The van der Waals surface area contributed by atoms with Gasteiger partial charge in [-0.15, -0.1) is 0 Å². The number of rotatable bonds is 4. The highest BCUT2D eigenvalue weighted by atomic mass is 79.9. The predicted octanol–water partition coefficient (Wildman–Crippen LogP) is 4.16. The summed E-state index contributed by atoms with van der Waals surface area (Å²) in [6.07, 6.45) is 5.26. The predicted molar refractivity (Wildman–Crippen MR) is 77.2 cm³/mol. The van der Waals surface area contributed by atoms with Crippen LogP contribution in [-0.2, 0) is 6.42 Å².